The molecule has 5 fully saturated rings. The minimum absolute atomic E-state index is 0.126. The Morgan fingerprint density at radius 3 is 1.46 bits per heavy atom. The summed E-state index contributed by atoms with van der Waals surface area (Å²) >= 11 is 0. The maximum absolute atomic E-state index is 14.0. The number of amides is 3. The van der Waals surface area contributed by atoms with E-state index in [1.807, 2.05) is 0 Å². The molecule has 618 valence electrons. The van der Waals surface area contributed by atoms with Crippen molar-refractivity contribution in [2.45, 2.75) is 372 Å². The molecule has 0 aromatic rings. The third-order valence-electron chi connectivity index (χ3n) is 20.8. The molecule has 5 rings (SSSR count). The second-order valence-corrected chi connectivity index (χ2v) is 29.1. The van der Waals surface area contributed by atoms with Crippen molar-refractivity contribution < 1.29 is 154 Å². The van der Waals surface area contributed by atoms with Crippen molar-refractivity contribution in [3.8, 4) is 0 Å². The van der Waals surface area contributed by atoms with Gasteiger partial charge in [0.25, 0.3) is 0 Å². The Labute approximate surface area is 621 Å². The van der Waals surface area contributed by atoms with Crippen LogP contribution in [-0.4, -0.2) is 326 Å². The molecule has 0 spiro atoms. The molecule has 21 N–H and O–H groups in total. The van der Waals surface area contributed by atoms with Crippen molar-refractivity contribution in [1.82, 2.24) is 16.0 Å². The smallest absolute Gasteiger partial charge is 0.338 e. The van der Waals surface area contributed by atoms with Gasteiger partial charge in [-0.05, 0) is 19.3 Å². The van der Waals surface area contributed by atoms with Crippen molar-refractivity contribution in [1.29, 1.82) is 0 Å². The number of unbranched alkanes of at least 4 members (excludes halogenated alkanes) is 23. The molecule has 5 saturated heterocycles. The summed E-state index contributed by atoms with van der Waals surface area (Å²) < 4.78 is 54.0. The number of carboxylic acid groups (broad SMARTS) is 1. The van der Waals surface area contributed by atoms with E-state index in [1.54, 1.807) is 6.08 Å². The van der Waals surface area contributed by atoms with Crippen molar-refractivity contribution in [3.05, 3.63) is 12.2 Å². The molecule has 106 heavy (non-hydrogen) atoms. The van der Waals surface area contributed by atoms with E-state index in [2.05, 4.69) is 29.8 Å². The zero-order valence-electron chi connectivity index (χ0n) is 62.0. The molecule has 5 aliphatic rings. The molecule has 0 aromatic carbocycles. The maximum atomic E-state index is 14.0. The van der Waals surface area contributed by atoms with Crippen LogP contribution in [0, 0.1) is 5.92 Å². The average Bonchev–Trinajstić information content (AvgIpc) is 0.731. The highest BCUT2D eigenvalue weighted by Crippen LogP contribution is 2.45. The molecule has 4 unspecified atom stereocenters. The number of nitrogens with one attached hydrogen (secondary N) is 3. The molecular weight excluding hydrogens is 1400 g/mol. The van der Waals surface area contributed by atoms with Gasteiger partial charge in [0.2, 0.25) is 17.7 Å². The van der Waals surface area contributed by atoms with E-state index in [1.165, 1.54) is 96.0 Å². The fourth-order valence-corrected chi connectivity index (χ4v) is 14.6. The summed E-state index contributed by atoms with van der Waals surface area (Å²) in [5.41, 5.74) is -3.37. The summed E-state index contributed by atoms with van der Waals surface area (Å²) in [6.45, 7) is 0.133. The van der Waals surface area contributed by atoms with Crippen LogP contribution in [0.4, 0.5) is 0 Å². The predicted molar refractivity (Wildman–Crippen MR) is 374 cm³/mol. The number of ether oxygens (including phenoxy) is 9. The third-order valence-corrected chi connectivity index (χ3v) is 20.8. The monoisotopic (exact) mass is 1530 g/mol. The van der Waals surface area contributed by atoms with Crippen LogP contribution in [0.15, 0.2) is 12.2 Å². The van der Waals surface area contributed by atoms with E-state index in [4.69, 9.17) is 42.6 Å². The van der Waals surface area contributed by atoms with E-state index in [0.29, 0.717) is 12.8 Å². The number of carboxylic acids is 1. The first-order valence-electron chi connectivity index (χ1n) is 38.5. The van der Waals surface area contributed by atoms with E-state index < -0.39 is 247 Å². The third kappa shape index (κ3) is 27.2. The lowest BCUT2D eigenvalue weighted by Crippen LogP contribution is -2.74. The lowest BCUT2D eigenvalue weighted by molar-refractivity contribution is -0.384. The van der Waals surface area contributed by atoms with Crippen LogP contribution in [0.3, 0.4) is 0 Å². The molecule has 29 atom stereocenters. The molecule has 0 radical (unpaired) electrons. The first-order valence-corrected chi connectivity index (χ1v) is 38.5. The Morgan fingerprint density at radius 2 is 0.943 bits per heavy atom. The summed E-state index contributed by atoms with van der Waals surface area (Å²) in [5, 5.41) is 210. The molecule has 3 amide bonds. The summed E-state index contributed by atoms with van der Waals surface area (Å²) in [4.78, 5) is 53.2. The minimum atomic E-state index is -3.37. The Balaban J connectivity index is 1.43. The first-order chi connectivity index (χ1) is 50.7. The maximum Gasteiger partial charge on any atom is 0.338 e. The standard InChI is InChI=1S/C72H129N3O31/c1-5-7-9-11-13-15-17-19-21-23-25-27-29-31-43(83)42(75-50(86)32-30-28-26-24-22-20-18-16-14-12-10-8-6-2)39-98-68-61(94)59(92)63(49(38-80)101-68)104-69-57(90)51(66(95)72(71(96)97)33-44(84)52(73-40(3)81)65(106-72)54(87)45(85)34-76)62(48(37-79)102-69)103-67-53(74-41(4)82)64(56(89)47(36-78)99-67)105-70-60(93)58(91)55(88)46(35-77)100-70/h29,31,42-49,51-70,76-80,83-85,87-95H,5-28,30,32-39H2,1-4H3,(H,73,81)(H,74,82)(H,75,86)(H,96,97)/b31-29+/t42-,43+,44+,45?,46-,47-,48-,49-,51-,52-,53-,54?,55+,56+,57-,58+,59-,60-,61-,62+,63-,64-,65?,66?,67+,68-,69+,70+,72+/m1/s1. The van der Waals surface area contributed by atoms with Gasteiger partial charge in [0.1, 0.15) is 110 Å². The van der Waals surface area contributed by atoms with Crippen molar-refractivity contribution in [3.63, 3.8) is 0 Å². The highest BCUT2D eigenvalue weighted by atomic mass is 16.8. The lowest BCUT2D eigenvalue weighted by atomic mass is 9.72. The normalized spacial score (nSPS) is 35.1. The SMILES string of the molecule is CCCCCCCCCCCCC/C=C/[C@H](O)[C@@H](CO[C@@H]1O[C@H](CO)[C@@H](O[C@@H]2O[C@H](CO)[C@H](O[C@@H]3O[C@H](CO)[C@H](O)[C@H](O[C@@H]4O[C@H](CO)[C@H](O)[C@H](O)[C@H]4O)[C@H]3NC(C)=O)[C@H](C(O)[C@]3(C(=O)O)C[C@H](O)[C@@H](NC(C)=O)C(C(O)C(O)CO)O3)[C@H]2O)[C@H](O)[C@H]1O)NC(=O)CCCCCCCCCCCCCCC. The van der Waals surface area contributed by atoms with Gasteiger partial charge in [-0.25, -0.2) is 4.79 Å². The molecule has 34 nitrogen and oxygen atoms in total. The number of allylic oxidation sites excluding steroid dienone is 1. The van der Waals surface area contributed by atoms with Gasteiger partial charge in [0, 0.05) is 32.6 Å². The molecule has 0 bridgehead atoms. The van der Waals surface area contributed by atoms with Crippen LogP contribution in [0.25, 0.3) is 0 Å². The second-order valence-electron chi connectivity index (χ2n) is 29.1. The van der Waals surface area contributed by atoms with Crippen molar-refractivity contribution >= 4 is 23.7 Å². The molecule has 0 saturated carbocycles. The minimum Gasteiger partial charge on any atom is -0.479 e. The largest absolute Gasteiger partial charge is 0.479 e. The molecule has 0 aromatic heterocycles. The summed E-state index contributed by atoms with van der Waals surface area (Å²) in [6, 6.07) is -4.89. The van der Waals surface area contributed by atoms with Gasteiger partial charge in [-0.15, -0.1) is 0 Å². The number of hydrogen-bond donors (Lipinski definition) is 21. The zero-order valence-corrected chi connectivity index (χ0v) is 62.0. The topological polar surface area (TPSA) is 552 Å². The summed E-state index contributed by atoms with van der Waals surface area (Å²) in [7, 11) is 0. The van der Waals surface area contributed by atoms with Crippen LogP contribution in [0.2, 0.25) is 0 Å². The fourth-order valence-electron chi connectivity index (χ4n) is 14.6. The number of hydrogen-bond acceptors (Lipinski definition) is 30. The van der Waals surface area contributed by atoms with E-state index >= 15 is 0 Å². The highest BCUT2D eigenvalue weighted by Gasteiger charge is 2.65. The van der Waals surface area contributed by atoms with Gasteiger partial charge in [0.05, 0.1) is 70.0 Å². The fraction of sp³-hybridized carbons (Fsp3) is 0.917. The van der Waals surface area contributed by atoms with Gasteiger partial charge in [0.15, 0.2) is 30.8 Å². The Morgan fingerprint density at radius 1 is 0.500 bits per heavy atom. The molecule has 34 heteroatoms. The van der Waals surface area contributed by atoms with Gasteiger partial charge in [-0.3, -0.25) is 14.4 Å². The highest BCUT2D eigenvalue weighted by molar-refractivity contribution is 5.79. The Bertz CT molecular complexity index is 2500. The van der Waals surface area contributed by atoms with Crippen LogP contribution in [0.1, 0.15) is 201 Å². The quantitative estimate of drug-likeness (QED) is 0.0227. The van der Waals surface area contributed by atoms with Crippen molar-refractivity contribution in [2.75, 3.05) is 39.6 Å². The van der Waals surface area contributed by atoms with Crippen LogP contribution in [-0.2, 0) is 61.8 Å². The summed E-state index contributed by atoms with van der Waals surface area (Å²) in [6.07, 6.45) is -20.8. The number of carbonyl (C=O) groups is 4. The molecule has 5 heterocycles. The van der Waals surface area contributed by atoms with Crippen LogP contribution >= 0.6 is 0 Å². The van der Waals surface area contributed by atoms with Crippen LogP contribution < -0.4 is 16.0 Å². The van der Waals surface area contributed by atoms with Gasteiger partial charge in [-0.2, -0.15) is 0 Å². The lowest BCUT2D eigenvalue weighted by Gasteiger charge is -2.54. The van der Waals surface area contributed by atoms with E-state index in [-0.39, 0.29) is 6.42 Å². The zero-order chi connectivity index (χ0) is 78.2. The van der Waals surface area contributed by atoms with Crippen LogP contribution in [0.5, 0.6) is 0 Å². The number of rotatable bonds is 50. The predicted octanol–water partition coefficient (Wildman–Crippen LogP) is -2.19. The number of aliphatic hydroxyl groups excluding tert-OH is 17. The van der Waals surface area contributed by atoms with E-state index in [9.17, 15) is 111 Å². The van der Waals surface area contributed by atoms with Gasteiger partial charge in [-0.1, -0.05) is 167 Å². The molecular formula is C72H129N3O31. The molecule has 5 aliphatic heterocycles. The number of aliphatic hydroxyl groups is 17. The molecule has 0 aliphatic carbocycles. The number of aliphatic carboxylic acids is 1. The summed E-state index contributed by atoms with van der Waals surface area (Å²) in [5.74, 6) is -6.86. The van der Waals surface area contributed by atoms with Gasteiger partial charge < -0.3 is 150 Å². The first kappa shape index (κ1) is 93.2. The second kappa shape index (κ2) is 48.5. The Kier molecular flexibility index (Phi) is 42.6. The van der Waals surface area contributed by atoms with Crippen molar-refractivity contribution in [2.24, 2.45) is 5.92 Å². The van der Waals surface area contributed by atoms with E-state index in [0.717, 1.165) is 71.6 Å². The average molecular weight is 1530 g/mol. The van der Waals surface area contributed by atoms with Gasteiger partial charge >= 0.3 is 5.97 Å². The Hall–Kier alpha value is -3.42. The number of carbonyl (C=O) groups excluding carboxylic acids is 3.